The summed E-state index contributed by atoms with van der Waals surface area (Å²) in [5.74, 6) is 2.01. The number of hydrogen-bond donors (Lipinski definition) is 1. The molecule has 86 valence electrons. The predicted octanol–water partition coefficient (Wildman–Crippen LogP) is 3.54. The topological polar surface area (TPSA) is 25.2 Å². The molecule has 16 heavy (non-hydrogen) atoms. The van der Waals surface area contributed by atoms with Crippen molar-refractivity contribution in [1.29, 1.82) is 0 Å². The van der Waals surface area contributed by atoms with Crippen LogP contribution in [0.4, 0.5) is 0 Å². The van der Waals surface area contributed by atoms with E-state index in [9.17, 15) is 0 Å². The maximum atomic E-state index is 5.65. The molecule has 2 heterocycles. The second-order valence-electron chi connectivity index (χ2n) is 3.96. The molecule has 1 unspecified atom stereocenters. The van der Waals surface area contributed by atoms with Crippen molar-refractivity contribution in [2.24, 2.45) is 0 Å². The molecule has 0 bridgehead atoms. The van der Waals surface area contributed by atoms with Crippen LogP contribution in [0.2, 0.25) is 0 Å². The molecule has 0 saturated heterocycles. The average Bonchev–Trinajstić information content (AvgIpc) is 2.91. The smallest absolute Gasteiger partial charge is 0.121 e. The van der Waals surface area contributed by atoms with E-state index in [1.807, 2.05) is 20.0 Å². The molecule has 2 rings (SSSR count). The van der Waals surface area contributed by atoms with E-state index in [4.69, 9.17) is 4.42 Å². The minimum absolute atomic E-state index is 0.314. The number of furan rings is 1. The number of thiophene rings is 1. The Bertz CT molecular complexity index is 419. The van der Waals surface area contributed by atoms with Crippen molar-refractivity contribution in [3.63, 3.8) is 0 Å². The second kappa shape index (κ2) is 5.32. The lowest BCUT2D eigenvalue weighted by Gasteiger charge is -2.12. The highest BCUT2D eigenvalue weighted by molar-refractivity contribution is 7.07. The minimum atomic E-state index is 0.314. The first-order valence-electron chi connectivity index (χ1n) is 5.54. The zero-order valence-corrected chi connectivity index (χ0v) is 10.5. The van der Waals surface area contributed by atoms with Gasteiger partial charge in [-0.15, -0.1) is 0 Å². The third kappa shape index (κ3) is 2.74. The third-order valence-corrected chi connectivity index (χ3v) is 3.49. The van der Waals surface area contributed by atoms with Gasteiger partial charge in [0.1, 0.15) is 11.5 Å². The lowest BCUT2D eigenvalue weighted by atomic mass is 10.1. The van der Waals surface area contributed by atoms with Gasteiger partial charge in [0.15, 0.2) is 0 Å². The molecule has 2 aromatic heterocycles. The van der Waals surface area contributed by atoms with Gasteiger partial charge < -0.3 is 9.73 Å². The van der Waals surface area contributed by atoms with E-state index in [0.717, 1.165) is 24.4 Å². The Hall–Kier alpha value is -1.06. The minimum Gasteiger partial charge on any atom is -0.465 e. The van der Waals surface area contributed by atoms with E-state index >= 15 is 0 Å². The molecule has 0 aliphatic heterocycles. The Balaban J connectivity index is 1.96. The van der Waals surface area contributed by atoms with Crippen molar-refractivity contribution in [1.82, 2.24) is 5.32 Å². The Morgan fingerprint density at radius 1 is 1.38 bits per heavy atom. The SMILES string of the molecule is CNC(CCc1ccsc1)c1ccc(C)o1. The van der Waals surface area contributed by atoms with Crippen LogP contribution in [0.5, 0.6) is 0 Å². The van der Waals surface area contributed by atoms with Gasteiger partial charge in [-0.2, -0.15) is 11.3 Å². The normalized spacial score (nSPS) is 12.9. The van der Waals surface area contributed by atoms with Crippen LogP contribution >= 0.6 is 11.3 Å². The highest BCUT2D eigenvalue weighted by Gasteiger charge is 2.12. The van der Waals surface area contributed by atoms with E-state index in [1.165, 1.54) is 5.56 Å². The van der Waals surface area contributed by atoms with Crippen LogP contribution in [0, 0.1) is 6.92 Å². The zero-order valence-electron chi connectivity index (χ0n) is 9.69. The lowest BCUT2D eigenvalue weighted by Crippen LogP contribution is -2.16. The number of aryl methyl sites for hydroxylation is 2. The molecule has 2 nitrogen and oxygen atoms in total. The molecule has 0 aliphatic carbocycles. The summed E-state index contributed by atoms with van der Waals surface area (Å²) in [5.41, 5.74) is 1.41. The van der Waals surface area contributed by atoms with E-state index in [2.05, 4.69) is 28.2 Å². The van der Waals surface area contributed by atoms with Gasteiger partial charge in [0.05, 0.1) is 6.04 Å². The summed E-state index contributed by atoms with van der Waals surface area (Å²) in [6.07, 6.45) is 2.16. The molecule has 1 N–H and O–H groups in total. The Kier molecular flexibility index (Phi) is 3.80. The van der Waals surface area contributed by atoms with Gasteiger partial charge in [0.25, 0.3) is 0 Å². The van der Waals surface area contributed by atoms with Crippen LogP contribution in [0.25, 0.3) is 0 Å². The second-order valence-corrected chi connectivity index (χ2v) is 4.74. The van der Waals surface area contributed by atoms with Crippen LogP contribution in [0.15, 0.2) is 33.4 Å². The van der Waals surface area contributed by atoms with Crippen molar-refractivity contribution in [3.05, 3.63) is 46.0 Å². The number of rotatable bonds is 5. The first kappa shape index (κ1) is 11.4. The van der Waals surface area contributed by atoms with Crippen LogP contribution in [0.1, 0.15) is 29.5 Å². The van der Waals surface area contributed by atoms with Crippen molar-refractivity contribution in [2.75, 3.05) is 7.05 Å². The van der Waals surface area contributed by atoms with Gasteiger partial charge in [0.2, 0.25) is 0 Å². The molecule has 3 heteroatoms. The quantitative estimate of drug-likeness (QED) is 0.857. The molecular formula is C13H17NOS. The summed E-state index contributed by atoms with van der Waals surface area (Å²) >= 11 is 1.75. The van der Waals surface area contributed by atoms with E-state index in [1.54, 1.807) is 11.3 Å². The molecule has 2 aromatic rings. The molecule has 1 atom stereocenters. The average molecular weight is 235 g/mol. The molecule has 0 spiro atoms. The molecule has 0 aliphatic rings. The maximum Gasteiger partial charge on any atom is 0.121 e. The van der Waals surface area contributed by atoms with Gasteiger partial charge in [-0.1, -0.05) is 0 Å². The molecule has 0 radical (unpaired) electrons. The summed E-state index contributed by atoms with van der Waals surface area (Å²) in [4.78, 5) is 0. The molecular weight excluding hydrogens is 218 g/mol. The molecule has 0 saturated carbocycles. The molecule has 0 aromatic carbocycles. The highest BCUT2D eigenvalue weighted by Crippen LogP contribution is 2.21. The largest absolute Gasteiger partial charge is 0.465 e. The van der Waals surface area contributed by atoms with Crippen molar-refractivity contribution < 1.29 is 4.42 Å². The predicted molar refractivity (Wildman–Crippen MR) is 67.9 cm³/mol. The van der Waals surface area contributed by atoms with Crippen LogP contribution in [0.3, 0.4) is 0 Å². The first-order valence-corrected chi connectivity index (χ1v) is 6.48. The summed E-state index contributed by atoms with van der Waals surface area (Å²) < 4.78 is 5.65. The van der Waals surface area contributed by atoms with Crippen molar-refractivity contribution in [2.45, 2.75) is 25.8 Å². The summed E-state index contributed by atoms with van der Waals surface area (Å²) in [6.45, 7) is 1.98. The van der Waals surface area contributed by atoms with E-state index in [0.29, 0.717) is 6.04 Å². The Morgan fingerprint density at radius 2 is 2.25 bits per heavy atom. The van der Waals surface area contributed by atoms with Crippen LogP contribution < -0.4 is 5.32 Å². The van der Waals surface area contributed by atoms with Gasteiger partial charge in [0, 0.05) is 0 Å². The van der Waals surface area contributed by atoms with Gasteiger partial charge in [-0.3, -0.25) is 0 Å². The summed E-state index contributed by atoms with van der Waals surface area (Å²) in [6, 6.07) is 6.58. The van der Waals surface area contributed by atoms with Crippen LogP contribution in [-0.4, -0.2) is 7.05 Å². The maximum absolute atomic E-state index is 5.65. The van der Waals surface area contributed by atoms with E-state index in [-0.39, 0.29) is 0 Å². The summed E-state index contributed by atoms with van der Waals surface area (Å²) in [7, 11) is 1.98. The molecule has 0 fully saturated rings. The lowest BCUT2D eigenvalue weighted by molar-refractivity contribution is 0.402. The fourth-order valence-corrected chi connectivity index (χ4v) is 2.52. The standard InChI is InChI=1S/C13H17NOS/c1-10-3-6-13(15-10)12(14-2)5-4-11-7-8-16-9-11/h3,6-9,12,14H,4-5H2,1-2H3. The first-order chi connectivity index (χ1) is 7.79. The Morgan fingerprint density at radius 3 is 2.81 bits per heavy atom. The zero-order chi connectivity index (χ0) is 11.4. The number of nitrogens with one attached hydrogen (secondary N) is 1. The summed E-state index contributed by atoms with van der Waals surface area (Å²) in [5, 5.41) is 7.64. The highest BCUT2D eigenvalue weighted by atomic mass is 32.1. The fourth-order valence-electron chi connectivity index (χ4n) is 1.82. The van der Waals surface area contributed by atoms with Crippen molar-refractivity contribution >= 4 is 11.3 Å². The monoisotopic (exact) mass is 235 g/mol. The van der Waals surface area contributed by atoms with Gasteiger partial charge in [-0.05, 0) is 61.3 Å². The Labute approximate surface area is 100 Å². The fraction of sp³-hybridized carbons (Fsp3) is 0.385. The van der Waals surface area contributed by atoms with Gasteiger partial charge >= 0.3 is 0 Å². The van der Waals surface area contributed by atoms with Gasteiger partial charge in [-0.25, -0.2) is 0 Å². The third-order valence-electron chi connectivity index (χ3n) is 2.75. The van der Waals surface area contributed by atoms with Crippen LogP contribution in [-0.2, 0) is 6.42 Å². The van der Waals surface area contributed by atoms with E-state index < -0.39 is 0 Å². The molecule has 0 amide bonds. The van der Waals surface area contributed by atoms with Crippen molar-refractivity contribution in [3.8, 4) is 0 Å². The number of hydrogen-bond acceptors (Lipinski definition) is 3.